The first-order chi connectivity index (χ1) is 10.3. The van der Waals surface area contributed by atoms with Crippen LogP contribution in [-0.4, -0.2) is 26.2 Å². The number of unbranched alkanes of at least 4 members (excludes halogenated alkanes) is 2. The Labute approximate surface area is 129 Å². The first-order valence-electron chi connectivity index (χ1n) is 7.89. The minimum absolute atomic E-state index is 0.631. The molecular formula is C17H29N3O. The van der Waals surface area contributed by atoms with Crippen molar-refractivity contribution >= 4 is 5.96 Å². The maximum Gasteiger partial charge on any atom is 0.191 e. The van der Waals surface area contributed by atoms with Crippen LogP contribution in [0.1, 0.15) is 44.2 Å². The molecular weight excluding hydrogens is 262 g/mol. The van der Waals surface area contributed by atoms with E-state index in [4.69, 9.17) is 4.74 Å². The summed E-state index contributed by atoms with van der Waals surface area (Å²) in [6.07, 6.45) is 3.67. The molecule has 0 atom stereocenters. The summed E-state index contributed by atoms with van der Waals surface area (Å²) in [5.74, 6) is 0.890. The predicted molar refractivity (Wildman–Crippen MR) is 89.5 cm³/mol. The smallest absolute Gasteiger partial charge is 0.191 e. The van der Waals surface area contributed by atoms with E-state index in [1.165, 1.54) is 30.4 Å². The highest BCUT2D eigenvalue weighted by molar-refractivity contribution is 5.79. The van der Waals surface area contributed by atoms with Crippen LogP contribution >= 0.6 is 0 Å². The second-order valence-corrected chi connectivity index (χ2v) is 5.03. The van der Waals surface area contributed by atoms with Gasteiger partial charge in [0.2, 0.25) is 0 Å². The van der Waals surface area contributed by atoms with Crippen LogP contribution in [0.25, 0.3) is 0 Å². The van der Waals surface area contributed by atoms with Crippen LogP contribution in [0.4, 0.5) is 0 Å². The van der Waals surface area contributed by atoms with Gasteiger partial charge in [0.25, 0.3) is 0 Å². The van der Waals surface area contributed by atoms with Crippen LogP contribution < -0.4 is 10.6 Å². The number of ether oxygens (including phenoxy) is 1. The fraction of sp³-hybridized carbons (Fsp3) is 0.588. The number of nitrogens with zero attached hydrogens (tertiary/aromatic N) is 1. The molecule has 0 aliphatic carbocycles. The normalized spacial score (nSPS) is 11.5. The lowest BCUT2D eigenvalue weighted by Gasteiger charge is -2.12. The van der Waals surface area contributed by atoms with E-state index in [0.717, 1.165) is 19.0 Å². The van der Waals surface area contributed by atoms with E-state index in [1.807, 2.05) is 12.1 Å². The monoisotopic (exact) mass is 291 g/mol. The average Bonchev–Trinajstić information content (AvgIpc) is 2.50. The molecule has 0 saturated heterocycles. The van der Waals surface area contributed by atoms with Crippen LogP contribution in [-0.2, 0) is 17.9 Å². The largest absolute Gasteiger partial charge is 0.380 e. The molecule has 0 spiro atoms. The van der Waals surface area contributed by atoms with Crippen LogP contribution in [0.5, 0.6) is 0 Å². The zero-order valence-corrected chi connectivity index (χ0v) is 13.6. The van der Waals surface area contributed by atoms with Crippen molar-refractivity contribution in [2.45, 2.75) is 46.3 Å². The van der Waals surface area contributed by atoms with Crippen LogP contribution in [0.3, 0.4) is 0 Å². The fourth-order valence-corrected chi connectivity index (χ4v) is 2.10. The van der Waals surface area contributed by atoms with E-state index in [1.54, 1.807) is 7.11 Å². The highest BCUT2D eigenvalue weighted by Crippen LogP contribution is 2.11. The molecule has 118 valence electrons. The first-order valence-corrected chi connectivity index (χ1v) is 7.89. The van der Waals surface area contributed by atoms with E-state index in [0.29, 0.717) is 13.2 Å². The molecule has 0 heterocycles. The molecule has 0 aliphatic heterocycles. The molecule has 1 rings (SSSR count). The number of nitrogens with one attached hydrogen (secondary N) is 2. The summed E-state index contributed by atoms with van der Waals surface area (Å²) in [7, 11) is 1.72. The van der Waals surface area contributed by atoms with Gasteiger partial charge in [0.15, 0.2) is 5.96 Å². The topological polar surface area (TPSA) is 45.7 Å². The zero-order chi connectivity index (χ0) is 15.3. The lowest BCUT2D eigenvalue weighted by Crippen LogP contribution is -2.37. The molecule has 1 aromatic carbocycles. The van der Waals surface area contributed by atoms with Crippen LogP contribution in [0.2, 0.25) is 0 Å². The Kier molecular flexibility index (Phi) is 9.29. The van der Waals surface area contributed by atoms with Crippen LogP contribution in [0, 0.1) is 0 Å². The molecule has 0 bridgehead atoms. The van der Waals surface area contributed by atoms with Crippen molar-refractivity contribution in [3.63, 3.8) is 0 Å². The summed E-state index contributed by atoms with van der Waals surface area (Å²) in [6, 6.07) is 8.29. The van der Waals surface area contributed by atoms with E-state index < -0.39 is 0 Å². The van der Waals surface area contributed by atoms with Gasteiger partial charge in [-0.2, -0.15) is 0 Å². The number of methoxy groups -OCH3 is 1. The number of hydrogen-bond acceptors (Lipinski definition) is 2. The van der Waals surface area contributed by atoms with Gasteiger partial charge in [0, 0.05) is 20.2 Å². The lowest BCUT2D eigenvalue weighted by molar-refractivity contribution is 0.184. The quantitative estimate of drug-likeness (QED) is 0.417. The summed E-state index contributed by atoms with van der Waals surface area (Å²) in [5, 5.41) is 6.67. The Morgan fingerprint density at radius 3 is 2.52 bits per heavy atom. The van der Waals surface area contributed by atoms with Crippen LogP contribution in [0.15, 0.2) is 29.3 Å². The van der Waals surface area contributed by atoms with Gasteiger partial charge in [-0.15, -0.1) is 0 Å². The van der Waals surface area contributed by atoms with Crippen molar-refractivity contribution in [3.05, 3.63) is 35.4 Å². The maximum absolute atomic E-state index is 5.23. The first kappa shape index (κ1) is 17.5. The Hall–Kier alpha value is -1.55. The standard InChI is InChI=1S/C17H29N3O/c1-4-6-9-12-19-17(18-5-2)20-13-15-10-7-8-11-16(15)14-21-3/h7-8,10-11H,4-6,9,12-14H2,1-3H3,(H2,18,19,20). The van der Waals surface area contributed by atoms with E-state index in [9.17, 15) is 0 Å². The molecule has 1 aromatic rings. The second-order valence-electron chi connectivity index (χ2n) is 5.03. The van der Waals surface area contributed by atoms with Gasteiger partial charge < -0.3 is 15.4 Å². The van der Waals surface area contributed by atoms with Gasteiger partial charge >= 0.3 is 0 Å². The summed E-state index contributed by atoms with van der Waals surface area (Å²) >= 11 is 0. The molecule has 0 unspecified atom stereocenters. The van der Waals surface area contributed by atoms with Gasteiger partial charge in [0.1, 0.15) is 0 Å². The molecule has 2 N–H and O–H groups in total. The summed E-state index contributed by atoms with van der Waals surface area (Å²) in [5.41, 5.74) is 2.41. The van der Waals surface area contributed by atoms with Crippen molar-refractivity contribution in [1.82, 2.24) is 10.6 Å². The van der Waals surface area contributed by atoms with Crippen molar-refractivity contribution in [1.29, 1.82) is 0 Å². The molecule has 0 radical (unpaired) electrons. The summed E-state index contributed by atoms with van der Waals surface area (Å²) in [6.45, 7) is 7.45. The van der Waals surface area contributed by atoms with Crippen molar-refractivity contribution < 1.29 is 4.74 Å². The lowest BCUT2D eigenvalue weighted by atomic mass is 10.1. The Morgan fingerprint density at radius 2 is 1.86 bits per heavy atom. The number of aliphatic imine (C=N–C) groups is 1. The number of benzene rings is 1. The van der Waals surface area contributed by atoms with Crippen molar-refractivity contribution in [2.75, 3.05) is 20.2 Å². The molecule has 0 fully saturated rings. The Morgan fingerprint density at radius 1 is 1.10 bits per heavy atom. The number of hydrogen-bond donors (Lipinski definition) is 2. The molecule has 0 aliphatic rings. The average molecular weight is 291 g/mol. The summed E-state index contributed by atoms with van der Waals surface area (Å²) < 4.78 is 5.23. The molecule has 0 saturated carbocycles. The van der Waals surface area contributed by atoms with Gasteiger partial charge in [0.05, 0.1) is 13.2 Å². The van der Waals surface area contributed by atoms with E-state index in [2.05, 4.69) is 41.6 Å². The maximum atomic E-state index is 5.23. The third-order valence-electron chi connectivity index (χ3n) is 3.24. The molecule has 0 aromatic heterocycles. The van der Waals surface area contributed by atoms with E-state index >= 15 is 0 Å². The molecule has 4 nitrogen and oxygen atoms in total. The second kappa shape index (κ2) is 11.1. The highest BCUT2D eigenvalue weighted by Gasteiger charge is 2.02. The zero-order valence-electron chi connectivity index (χ0n) is 13.6. The van der Waals surface area contributed by atoms with Gasteiger partial charge in [-0.25, -0.2) is 4.99 Å². The minimum Gasteiger partial charge on any atom is -0.380 e. The fourth-order valence-electron chi connectivity index (χ4n) is 2.10. The third-order valence-corrected chi connectivity index (χ3v) is 3.24. The van der Waals surface area contributed by atoms with Crippen molar-refractivity contribution in [3.8, 4) is 0 Å². The highest BCUT2D eigenvalue weighted by atomic mass is 16.5. The SMILES string of the molecule is CCCCCNC(=NCc1ccccc1COC)NCC. The van der Waals surface area contributed by atoms with Gasteiger partial charge in [-0.05, 0) is 24.5 Å². The number of guanidine groups is 1. The third kappa shape index (κ3) is 7.14. The summed E-state index contributed by atoms with van der Waals surface area (Å²) in [4.78, 5) is 4.66. The predicted octanol–water partition coefficient (Wildman–Crippen LogP) is 3.08. The number of rotatable bonds is 9. The molecule has 0 amide bonds. The van der Waals surface area contributed by atoms with Gasteiger partial charge in [-0.1, -0.05) is 44.0 Å². The van der Waals surface area contributed by atoms with Crippen molar-refractivity contribution in [2.24, 2.45) is 4.99 Å². The Bertz CT molecular complexity index is 418. The Balaban J connectivity index is 2.60. The molecule has 4 heteroatoms. The van der Waals surface area contributed by atoms with E-state index in [-0.39, 0.29) is 0 Å². The van der Waals surface area contributed by atoms with Gasteiger partial charge in [-0.3, -0.25) is 0 Å². The minimum atomic E-state index is 0.631. The molecule has 21 heavy (non-hydrogen) atoms.